The lowest BCUT2D eigenvalue weighted by atomic mass is 9.95. The molecular formula is C19H24F3NO4S. The minimum Gasteiger partial charge on any atom is -0.445 e. The molecule has 1 aliphatic carbocycles. The largest absolute Gasteiger partial charge is 0.445 e. The fraction of sp³-hybridized carbons (Fsp3) is 0.526. The van der Waals surface area contributed by atoms with E-state index in [2.05, 4.69) is 5.32 Å². The van der Waals surface area contributed by atoms with Gasteiger partial charge < -0.3 is 10.1 Å². The molecule has 0 bridgehead atoms. The monoisotopic (exact) mass is 419 g/mol. The van der Waals surface area contributed by atoms with Gasteiger partial charge in [0.1, 0.15) is 6.61 Å². The number of nitrogens with one attached hydrogen (secondary N) is 1. The summed E-state index contributed by atoms with van der Waals surface area (Å²) < 4.78 is 56.3. The Morgan fingerprint density at radius 2 is 1.86 bits per heavy atom. The number of hydrogen-bond donors (Lipinski definition) is 1. The SMILES string of the molecule is CS(C)(=O)=CC(=O)[C@H](CCC1(C(F)(F)F)CC1)NC(=O)OCc1ccccc1. The summed E-state index contributed by atoms with van der Waals surface area (Å²) in [5.41, 5.74) is -1.06. The molecule has 2 rings (SSSR count). The molecule has 0 saturated heterocycles. The molecule has 1 aliphatic rings. The van der Waals surface area contributed by atoms with Crippen molar-refractivity contribution in [2.75, 3.05) is 12.5 Å². The van der Waals surface area contributed by atoms with Gasteiger partial charge in [0.05, 0.1) is 11.5 Å². The van der Waals surface area contributed by atoms with Crippen LogP contribution in [0, 0.1) is 5.41 Å². The van der Waals surface area contributed by atoms with Gasteiger partial charge in [-0.05, 0) is 40.8 Å². The molecule has 0 unspecified atom stereocenters. The number of carbonyl (C=O) groups is 2. The Labute approximate surface area is 162 Å². The molecule has 0 heterocycles. The standard InChI is InChI=1S/C19H24F3NO4S/c1-28(2,26)13-16(24)15(8-9-18(10-11-18)19(20,21)22)23-17(25)27-12-14-6-4-3-5-7-14/h3-7,13,15H,8-12H2,1-2H3,(H,23,25)/t15-/m0/s1. The molecule has 1 fully saturated rings. The lowest BCUT2D eigenvalue weighted by Crippen LogP contribution is -2.43. The quantitative estimate of drug-likeness (QED) is 0.656. The number of carbonyl (C=O) groups excluding carboxylic acids is 2. The van der Waals surface area contributed by atoms with Gasteiger partial charge in [0.2, 0.25) is 0 Å². The Bertz CT molecular complexity index is 817. The van der Waals surface area contributed by atoms with E-state index in [0.717, 1.165) is 10.9 Å². The van der Waals surface area contributed by atoms with E-state index in [0.29, 0.717) is 0 Å². The summed E-state index contributed by atoms with van der Waals surface area (Å²) in [4.78, 5) is 24.4. The van der Waals surface area contributed by atoms with E-state index in [1.54, 1.807) is 30.3 Å². The highest BCUT2D eigenvalue weighted by molar-refractivity contribution is 8.01. The molecule has 1 aromatic rings. The molecule has 1 saturated carbocycles. The van der Waals surface area contributed by atoms with Crippen LogP contribution in [-0.4, -0.2) is 46.2 Å². The number of benzene rings is 1. The summed E-state index contributed by atoms with van der Waals surface area (Å²) in [6.45, 7) is -0.0396. The highest BCUT2D eigenvalue weighted by Crippen LogP contribution is 2.60. The van der Waals surface area contributed by atoms with E-state index in [4.69, 9.17) is 4.74 Å². The van der Waals surface area contributed by atoms with Gasteiger partial charge in [-0.1, -0.05) is 30.3 Å². The number of ether oxygens (including phenoxy) is 1. The predicted octanol–water partition coefficient (Wildman–Crippen LogP) is 3.32. The van der Waals surface area contributed by atoms with Crippen molar-refractivity contribution >= 4 is 26.8 Å². The summed E-state index contributed by atoms with van der Waals surface area (Å²) in [7, 11) is -2.56. The van der Waals surface area contributed by atoms with E-state index in [1.165, 1.54) is 12.5 Å². The highest BCUT2D eigenvalue weighted by Gasteiger charge is 2.62. The van der Waals surface area contributed by atoms with E-state index in [1.807, 2.05) is 0 Å². The van der Waals surface area contributed by atoms with Crippen LogP contribution in [0.2, 0.25) is 0 Å². The van der Waals surface area contributed by atoms with Gasteiger partial charge in [-0.15, -0.1) is 0 Å². The van der Waals surface area contributed by atoms with Crippen molar-refractivity contribution in [3.63, 3.8) is 0 Å². The number of Topliss-reactive ketones (excluding diaryl/α,β-unsaturated/α-hetero) is 1. The van der Waals surface area contributed by atoms with Crippen molar-refractivity contribution < 1.29 is 31.7 Å². The Morgan fingerprint density at radius 1 is 1.25 bits per heavy atom. The lowest BCUT2D eigenvalue weighted by molar-refractivity contribution is -0.189. The second-order valence-corrected chi connectivity index (χ2v) is 10.3. The maximum Gasteiger partial charge on any atom is 0.408 e. The third-order valence-electron chi connectivity index (χ3n) is 4.61. The van der Waals surface area contributed by atoms with Crippen LogP contribution < -0.4 is 5.32 Å². The van der Waals surface area contributed by atoms with Gasteiger partial charge in [0, 0.05) is 17.9 Å². The molecule has 156 valence electrons. The van der Waals surface area contributed by atoms with Crippen LogP contribution in [-0.2, 0) is 25.7 Å². The van der Waals surface area contributed by atoms with E-state index < -0.39 is 39.0 Å². The van der Waals surface area contributed by atoms with Gasteiger partial charge in [-0.2, -0.15) is 13.2 Å². The van der Waals surface area contributed by atoms with Gasteiger partial charge in [0.25, 0.3) is 0 Å². The molecule has 1 atom stereocenters. The third kappa shape index (κ3) is 6.54. The van der Waals surface area contributed by atoms with Crippen LogP contribution in [0.4, 0.5) is 18.0 Å². The van der Waals surface area contributed by atoms with Crippen LogP contribution in [0.25, 0.3) is 0 Å². The van der Waals surface area contributed by atoms with Crippen LogP contribution in [0.5, 0.6) is 0 Å². The molecule has 28 heavy (non-hydrogen) atoms. The van der Waals surface area contributed by atoms with Crippen molar-refractivity contribution in [1.29, 1.82) is 0 Å². The van der Waals surface area contributed by atoms with E-state index >= 15 is 0 Å². The summed E-state index contributed by atoms with van der Waals surface area (Å²) in [5.74, 6) is -0.676. The minimum absolute atomic E-state index is 0.0118. The summed E-state index contributed by atoms with van der Waals surface area (Å²) in [5, 5.41) is 3.29. The summed E-state index contributed by atoms with van der Waals surface area (Å²) in [6.07, 6.45) is -3.04. The molecule has 9 heteroatoms. The van der Waals surface area contributed by atoms with Crippen molar-refractivity contribution in [2.24, 2.45) is 5.41 Å². The molecule has 1 amide bonds. The first-order valence-electron chi connectivity index (χ1n) is 8.79. The number of halogens is 3. The van der Waals surface area contributed by atoms with Gasteiger partial charge in [-0.3, -0.25) is 9.00 Å². The first kappa shape index (κ1) is 22.3. The smallest absolute Gasteiger partial charge is 0.408 e. The minimum atomic E-state index is -4.35. The van der Waals surface area contributed by atoms with Crippen LogP contribution in [0.3, 0.4) is 0 Å². The third-order valence-corrected chi connectivity index (χ3v) is 5.41. The van der Waals surface area contributed by atoms with Gasteiger partial charge in [-0.25, -0.2) is 4.79 Å². The van der Waals surface area contributed by atoms with E-state index in [-0.39, 0.29) is 32.3 Å². The lowest BCUT2D eigenvalue weighted by Gasteiger charge is -2.22. The molecular weight excluding hydrogens is 395 g/mol. The van der Waals surface area contributed by atoms with Crippen molar-refractivity contribution in [2.45, 2.75) is 44.5 Å². The zero-order valence-electron chi connectivity index (χ0n) is 15.8. The highest BCUT2D eigenvalue weighted by atomic mass is 32.2. The van der Waals surface area contributed by atoms with Crippen molar-refractivity contribution in [1.82, 2.24) is 5.32 Å². The number of amides is 1. The molecule has 0 spiro atoms. The maximum atomic E-state index is 13.1. The average Bonchev–Trinajstić information content (AvgIpc) is 3.37. The Morgan fingerprint density at radius 3 is 2.36 bits per heavy atom. The molecule has 5 nitrogen and oxygen atoms in total. The van der Waals surface area contributed by atoms with Crippen molar-refractivity contribution in [3.05, 3.63) is 35.9 Å². The van der Waals surface area contributed by atoms with Gasteiger partial charge in [0.15, 0.2) is 5.78 Å². The second-order valence-electron chi connectivity index (χ2n) is 7.40. The first-order valence-corrected chi connectivity index (χ1v) is 11.2. The summed E-state index contributed by atoms with van der Waals surface area (Å²) in [6, 6.07) is 7.60. The average molecular weight is 419 g/mol. The van der Waals surface area contributed by atoms with Crippen LogP contribution in [0.1, 0.15) is 31.2 Å². The zero-order valence-corrected chi connectivity index (χ0v) is 16.6. The zero-order chi connectivity index (χ0) is 21.0. The number of alkyl carbamates (subject to hydrolysis) is 1. The molecule has 0 aliphatic heterocycles. The fourth-order valence-corrected chi connectivity index (χ4v) is 3.52. The number of rotatable bonds is 8. The predicted molar refractivity (Wildman–Crippen MR) is 102 cm³/mol. The van der Waals surface area contributed by atoms with Crippen LogP contribution >= 0.6 is 0 Å². The fourth-order valence-electron chi connectivity index (χ4n) is 2.80. The Balaban J connectivity index is 2.02. The molecule has 1 aromatic carbocycles. The Hall–Kier alpha value is -2.03. The number of hydrogen-bond acceptors (Lipinski definition) is 4. The normalized spacial score (nSPS) is 16.8. The summed E-state index contributed by atoms with van der Waals surface area (Å²) >= 11 is 0. The van der Waals surface area contributed by atoms with Gasteiger partial charge >= 0.3 is 12.3 Å². The van der Waals surface area contributed by atoms with Crippen LogP contribution in [0.15, 0.2) is 30.3 Å². The topological polar surface area (TPSA) is 72.5 Å². The number of alkyl halides is 3. The Kier molecular flexibility index (Phi) is 6.80. The first-order chi connectivity index (χ1) is 12.9. The number of ketones is 1. The second kappa shape index (κ2) is 8.55. The van der Waals surface area contributed by atoms with Crippen molar-refractivity contribution in [3.8, 4) is 0 Å². The van der Waals surface area contributed by atoms with E-state index in [9.17, 15) is 27.0 Å². The molecule has 0 aromatic heterocycles. The maximum absolute atomic E-state index is 13.1. The molecule has 1 N–H and O–H groups in total. The molecule has 0 radical (unpaired) electrons.